The summed E-state index contributed by atoms with van der Waals surface area (Å²) in [5.74, 6) is 2.43. The second-order valence-corrected chi connectivity index (χ2v) is 13.7. The van der Waals surface area contributed by atoms with Gasteiger partial charge in [0.05, 0.1) is 5.75 Å². The maximum absolute atomic E-state index is 13.3. The van der Waals surface area contributed by atoms with Crippen molar-refractivity contribution >= 4 is 33.2 Å². The molecule has 5 rings (SSSR count). The van der Waals surface area contributed by atoms with E-state index in [1.807, 2.05) is 33.0 Å². The van der Waals surface area contributed by atoms with Crippen LogP contribution >= 0.6 is 0 Å². The second-order valence-electron chi connectivity index (χ2n) is 11.2. The van der Waals surface area contributed by atoms with Gasteiger partial charge in [0.15, 0.2) is 9.84 Å². The fourth-order valence-corrected chi connectivity index (χ4v) is 7.16. The van der Waals surface area contributed by atoms with E-state index in [0.29, 0.717) is 19.5 Å². The summed E-state index contributed by atoms with van der Waals surface area (Å²) in [4.78, 5) is 33.5. The summed E-state index contributed by atoms with van der Waals surface area (Å²) in [5, 5.41) is 0. The average molecular weight is 529 g/mol. The van der Waals surface area contributed by atoms with Gasteiger partial charge in [-0.3, -0.25) is 4.79 Å². The van der Waals surface area contributed by atoms with Crippen LogP contribution in [0.2, 0.25) is 0 Å². The number of carbonyl (C=O) groups is 1. The predicted molar refractivity (Wildman–Crippen MR) is 147 cm³/mol. The summed E-state index contributed by atoms with van der Waals surface area (Å²) in [6, 6.07) is 3.88. The van der Waals surface area contributed by atoms with Crippen LogP contribution in [0.15, 0.2) is 24.7 Å². The molecule has 0 aromatic carbocycles. The molecule has 3 aliphatic rings. The van der Waals surface area contributed by atoms with Crippen LogP contribution < -0.4 is 9.80 Å². The Balaban J connectivity index is 0.00000156. The lowest BCUT2D eigenvalue weighted by Crippen LogP contribution is -2.66. The molecule has 0 radical (unpaired) electrons. The largest absolute Gasteiger partial charge is 0.350 e. The van der Waals surface area contributed by atoms with E-state index in [0.717, 1.165) is 35.1 Å². The lowest BCUT2D eigenvalue weighted by molar-refractivity contribution is -0.137. The maximum Gasteiger partial charge on any atom is 0.244 e. The van der Waals surface area contributed by atoms with Crippen molar-refractivity contribution in [3.8, 4) is 0 Å². The quantitative estimate of drug-likeness (QED) is 0.595. The van der Waals surface area contributed by atoms with Gasteiger partial charge in [-0.05, 0) is 51.8 Å². The maximum atomic E-state index is 13.3. The minimum absolute atomic E-state index is 0.0255. The van der Waals surface area contributed by atoms with Crippen molar-refractivity contribution in [1.82, 2.24) is 19.9 Å². The fourth-order valence-electron chi connectivity index (χ4n) is 5.62. The number of nitrogens with zero attached hydrogens (tertiary/aromatic N) is 6. The van der Waals surface area contributed by atoms with Gasteiger partial charge in [0.1, 0.15) is 28.5 Å². The fraction of sp³-hybridized carbons (Fsp3) is 0.630. The second kappa shape index (κ2) is 9.53. The van der Waals surface area contributed by atoms with Gasteiger partial charge in [0, 0.05) is 48.9 Å². The standard InChI is InChI=1S/C25H34N6O3S.C2H6/c1-16-7-9-26-19(11-16)31-14-24(4,5)20-21(27-15-28-22(20)31)29-12-18(3)30(13-17(29)2)23(32)25(6)8-10-35(25,33)34;1-2/h7,9,11,15,17-18H,8,10,12-14H2,1-6H3;1-2H3/t17-,18+,25+;/m0./s1. The van der Waals surface area contributed by atoms with Crippen LogP contribution in [0.1, 0.15) is 66.0 Å². The van der Waals surface area contributed by atoms with Crippen LogP contribution in [0.25, 0.3) is 0 Å². The van der Waals surface area contributed by atoms with Gasteiger partial charge in [-0.25, -0.2) is 23.4 Å². The van der Waals surface area contributed by atoms with Crippen molar-refractivity contribution in [3.05, 3.63) is 35.8 Å². The summed E-state index contributed by atoms with van der Waals surface area (Å²) >= 11 is 0. The van der Waals surface area contributed by atoms with Crippen LogP contribution in [0.5, 0.6) is 0 Å². The summed E-state index contributed by atoms with van der Waals surface area (Å²) in [5.41, 5.74) is 2.01. The molecule has 0 bridgehead atoms. The first-order valence-corrected chi connectivity index (χ1v) is 14.9. The number of rotatable bonds is 3. The molecule has 9 nitrogen and oxygen atoms in total. The Bertz CT molecular complexity index is 1300. The van der Waals surface area contributed by atoms with Crippen molar-refractivity contribution in [1.29, 1.82) is 0 Å². The molecule has 2 aromatic heterocycles. The highest BCUT2D eigenvalue weighted by atomic mass is 32.2. The minimum Gasteiger partial charge on any atom is -0.350 e. The molecule has 3 aliphatic heterocycles. The molecule has 5 heterocycles. The van der Waals surface area contributed by atoms with Crippen LogP contribution in [0.3, 0.4) is 0 Å². The Labute approximate surface area is 221 Å². The van der Waals surface area contributed by atoms with Crippen molar-refractivity contribution in [2.45, 2.75) is 84.1 Å². The number of sulfone groups is 1. The normalized spacial score (nSPS) is 27.6. The molecule has 0 aliphatic carbocycles. The Morgan fingerprint density at radius 2 is 1.70 bits per heavy atom. The third-order valence-corrected chi connectivity index (χ3v) is 10.5. The number of fused-ring (bicyclic) bond motifs is 1. The molecule has 0 saturated carbocycles. The summed E-state index contributed by atoms with van der Waals surface area (Å²) < 4.78 is 23.5. The molecule has 2 saturated heterocycles. The van der Waals surface area contributed by atoms with Crippen molar-refractivity contribution in [2.24, 2.45) is 0 Å². The number of carbonyl (C=O) groups excluding carboxylic acids is 1. The number of hydrogen-bond acceptors (Lipinski definition) is 8. The van der Waals surface area contributed by atoms with E-state index in [-0.39, 0.29) is 29.2 Å². The molecule has 3 atom stereocenters. The number of aromatic nitrogens is 3. The van der Waals surface area contributed by atoms with E-state index < -0.39 is 14.6 Å². The highest BCUT2D eigenvalue weighted by Gasteiger charge is 2.57. The third kappa shape index (κ3) is 4.36. The molecular weight excluding hydrogens is 488 g/mol. The zero-order valence-electron chi connectivity index (χ0n) is 23.3. The van der Waals surface area contributed by atoms with Gasteiger partial charge in [-0.15, -0.1) is 0 Å². The monoisotopic (exact) mass is 528 g/mol. The molecule has 2 aromatic rings. The summed E-state index contributed by atoms with van der Waals surface area (Å²) in [6.07, 6.45) is 3.82. The van der Waals surface area contributed by atoms with Crippen LogP contribution in [0, 0.1) is 6.92 Å². The van der Waals surface area contributed by atoms with Gasteiger partial charge < -0.3 is 14.7 Å². The molecule has 37 heavy (non-hydrogen) atoms. The van der Waals surface area contributed by atoms with E-state index in [9.17, 15) is 13.2 Å². The number of amides is 1. The molecule has 2 fully saturated rings. The smallest absolute Gasteiger partial charge is 0.244 e. The van der Waals surface area contributed by atoms with Crippen molar-refractivity contribution < 1.29 is 13.2 Å². The van der Waals surface area contributed by atoms with Gasteiger partial charge >= 0.3 is 0 Å². The van der Waals surface area contributed by atoms with Gasteiger partial charge in [0.25, 0.3) is 0 Å². The Morgan fingerprint density at radius 1 is 1.03 bits per heavy atom. The molecule has 0 unspecified atom stereocenters. The zero-order valence-corrected chi connectivity index (χ0v) is 24.1. The highest BCUT2D eigenvalue weighted by Crippen LogP contribution is 2.47. The lowest BCUT2D eigenvalue weighted by Gasteiger charge is -2.49. The lowest BCUT2D eigenvalue weighted by atomic mass is 9.87. The molecule has 10 heteroatoms. The number of pyridine rings is 1. The molecule has 0 spiro atoms. The predicted octanol–water partition coefficient (Wildman–Crippen LogP) is 3.64. The SMILES string of the molecule is CC.Cc1ccnc(N2CC(C)(C)c3c2ncnc3N2C[C@@H](C)N(C(=O)[C@@]3(C)CCS3(=O)=O)C[C@@H]2C)c1. The Morgan fingerprint density at radius 3 is 2.30 bits per heavy atom. The Kier molecular flexibility index (Phi) is 7.03. The number of anilines is 3. The molecular formula is C27H40N6O3S. The number of hydrogen-bond donors (Lipinski definition) is 0. The third-order valence-electron chi connectivity index (χ3n) is 7.98. The van der Waals surface area contributed by atoms with E-state index in [1.165, 1.54) is 0 Å². The van der Waals surface area contributed by atoms with E-state index >= 15 is 0 Å². The van der Waals surface area contributed by atoms with Crippen LogP contribution in [-0.4, -0.2) is 76.4 Å². The molecule has 1 amide bonds. The zero-order chi connectivity index (χ0) is 27.3. The van der Waals surface area contributed by atoms with Gasteiger partial charge in [-0.1, -0.05) is 27.7 Å². The Hall–Kier alpha value is -2.75. The van der Waals surface area contributed by atoms with Gasteiger partial charge in [0.2, 0.25) is 5.91 Å². The number of aryl methyl sites for hydroxylation is 1. The molecule has 0 N–H and O–H groups in total. The van der Waals surface area contributed by atoms with E-state index in [4.69, 9.17) is 4.98 Å². The van der Waals surface area contributed by atoms with E-state index in [1.54, 1.807) is 18.2 Å². The summed E-state index contributed by atoms with van der Waals surface area (Å²) in [7, 11) is -3.37. The van der Waals surface area contributed by atoms with Crippen LogP contribution in [-0.2, 0) is 20.0 Å². The van der Waals surface area contributed by atoms with Crippen LogP contribution in [0.4, 0.5) is 17.5 Å². The van der Waals surface area contributed by atoms with Crippen molar-refractivity contribution in [2.75, 3.05) is 35.2 Å². The average Bonchev–Trinajstić information content (AvgIpc) is 3.15. The van der Waals surface area contributed by atoms with E-state index in [2.05, 4.69) is 53.5 Å². The molecule has 202 valence electrons. The topological polar surface area (TPSA) is 99.6 Å². The highest BCUT2D eigenvalue weighted by molar-refractivity contribution is 7.95. The van der Waals surface area contributed by atoms with Gasteiger partial charge in [-0.2, -0.15) is 0 Å². The first-order valence-electron chi connectivity index (χ1n) is 13.2. The first-order chi connectivity index (χ1) is 17.4. The minimum atomic E-state index is -3.37. The number of piperazine rings is 1. The summed E-state index contributed by atoms with van der Waals surface area (Å²) in [6.45, 7) is 17.8. The first kappa shape index (κ1) is 27.3. The van der Waals surface area contributed by atoms with Crippen molar-refractivity contribution in [3.63, 3.8) is 0 Å².